The van der Waals surface area contributed by atoms with E-state index in [9.17, 15) is 17.6 Å². The number of hydrogen-bond acceptors (Lipinski definition) is 5. The minimum Gasteiger partial charge on any atom is -0.478 e. The summed E-state index contributed by atoms with van der Waals surface area (Å²) < 4.78 is 45.5. The zero-order valence-electron chi connectivity index (χ0n) is 16.3. The standard InChI is InChI=1S/C20H24FN3O4S/c1-20(2,28-17-5-3-15(21)4-6-17)19(25)23-16-9-13-24(14-10-16)29(26,27)18-7-11-22-12-8-18/h3-8,11-12,16H,9-10,13-14H2,1-2H3,(H,23,25). The summed E-state index contributed by atoms with van der Waals surface area (Å²) in [7, 11) is -3.56. The highest BCUT2D eigenvalue weighted by Gasteiger charge is 2.34. The lowest BCUT2D eigenvalue weighted by Crippen LogP contribution is -2.53. The fourth-order valence-electron chi connectivity index (χ4n) is 3.10. The Morgan fingerprint density at radius 2 is 1.72 bits per heavy atom. The molecule has 0 saturated carbocycles. The zero-order valence-corrected chi connectivity index (χ0v) is 17.2. The number of pyridine rings is 1. The third-order valence-electron chi connectivity index (χ3n) is 4.81. The van der Waals surface area contributed by atoms with Gasteiger partial charge in [0.05, 0.1) is 4.90 Å². The van der Waals surface area contributed by atoms with E-state index >= 15 is 0 Å². The predicted molar refractivity (Wildman–Crippen MR) is 105 cm³/mol. The van der Waals surface area contributed by atoms with Crippen LogP contribution >= 0.6 is 0 Å². The Balaban J connectivity index is 1.56. The van der Waals surface area contributed by atoms with Crippen molar-refractivity contribution in [3.63, 3.8) is 0 Å². The van der Waals surface area contributed by atoms with E-state index in [-0.39, 0.29) is 22.7 Å². The van der Waals surface area contributed by atoms with Gasteiger partial charge in [0.2, 0.25) is 10.0 Å². The molecule has 7 nitrogen and oxygen atoms in total. The van der Waals surface area contributed by atoms with Gasteiger partial charge in [0, 0.05) is 31.5 Å². The van der Waals surface area contributed by atoms with Crippen molar-refractivity contribution in [2.45, 2.75) is 43.2 Å². The number of piperidine rings is 1. The maximum atomic E-state index is 13.0. The van der Waals surface area contributed by atoms with Crippen LogP contribution in [0.25, 0.3) is 0 Å². The third kappa shape index (κ3) is 5.10. The molecule has 1 N–H and O–H groups in total. The topological polar surface area (TPSA) is 88.6 Å². The molecule has 2 heterocycles. The Morgan fingerprint density at radius 1 is 1.14 bits per heavy atom. The Bertz CT molecular complexity index is 941. The van der Waals surface area contributed by atoms with E-state index in [4.69, 9.17) is 4.74 Å². The summed E-state index contributed by atoms with van der Waals surface area (Å²) >= 11 is 0. The van der Waals surface area contributed by atoms with Crippen molar-refractivity contribution in [1.29, 1.82) is 0 Å². The summed E-state index contributed by atoms with van der Waals surface area (Å²) in [4.78, 5) is 16.7. The number of nitrogens with zero attached hydrogens (tertiary/aromatic N) is 2. The molecule has 29 heavy (non-hydrogen) atoms. The average Bonchev–Trinajstić information content (AvgIpc) is 2.70. The van der Waals surface area contributed by atoms with Crippen LogP contribution in [0.2, 0.25) is 0 Å². The van der Waals surface area contributed by atoms with E-state index in [0.717, 1.165) is 0 Å². The fraction of sp³-hybridized carbons (Fsp3) is 0.400. The van der Waals surface area contributed by atoms with Crippen molar-refractivity contribution in [1.82, 2.24) is 14.6 Å². The van der Waals surface area contributed by atoms with Crippen LogP contribution < -0.4 is 10.1 Å². The first-order valence-corrected chi connectivity index (χ1v) is 10.8. The molecule has 0 aliphatic carbocycles. The van der Waals surface area contributed by atoms with Crippen molar-refractivity contribution >= 4 is 15.9 Å². The lowest BCUT2D eigenvalue weighted by Gasteiger charge is -2.33. The number of aromatic nitrogens is 1. The fourth-order valence-corrected chi connectivity index (χ4v) is 4.56. The number of sulfonamides is 1. The van der Waals surface area contributed by atoms with E-state index in [2.05, 4.69) is 10.3 Å². The van der Waals surface area contributed by atoms with Gasteiger partial charge < -0.3 is 10.1 Å². The van der Waals surface area contributed by atoms with Crippen LogP contribution in [0.3, 0.4) is 0 Å². The summed E-state index contributed by atoms with van der Waals surface area (Å²) in [6.07, 6.45) is 3.90. The summed E-state index contributed by atoms with van der Waals surface area (Å²) in [6, 6.07) is 8.25. The Hall–Kier alpha value is -2.52. The third-order valence-corrected chi connectivity index (χ3v) is 6.72. The minimum absolute atomic E-state index is 0.150. The highest BCUT2D eigenvalue weighted by molar-refractivity contribution is 7.89. The molecule has 3 rings (SSSR count). The molecule has 156 valence electrons. The Labute approximate surface area is 169 Å². The molecular formula is C20H24FN3O4S. The van der Waals surface area contributed by atoms with Crippen LogP contribution in [0.5, 0.6) is 5.75 Å². The average molecular weight is 421 g/mol. The van der Waals surface area contributed by atoms with Gasteiger partial charge in [-0.15, -0.1) is 0 Å². The molecule has 1 fully saturated rings. The van der Waals surface area contributed by atoms with Gasteiger partial charge in [-0.1, -0.05) is 0 Å². The molecule has 0 spiro atoms. The molecule has 0 radical (unpaired) electrons. The molecule has 1 amide bonds. The van der Waals surface area contributed by atoms with E-state index in [0.29, 0.717) is 31.7 Å². The van der Waals surface area contributed by atoms with Gasteiger partial charge in [0.1, 0.15) is 11.6 Å². The first kappa shape index (κ1) is 21.2. The molecule has 2 aromatic rings. The molecule has 1 aromatic carbocycles. The molecule has 1 aliphatic rings. The largest absolute Gasteiger partial charge is 0.478 e. The molecule has 0 bridgehead atoms. The second kappa shape index (κ2) is 8.46. The van der Waals surface area contributed by atoms with Crippen LogP contribution in [0.15, 0.2) is 53.7 Å². The lowest BCUT2D eigenvalue weighted by atomic mass is 10.0. The quantitative estimate of drug-likeness (QED) is 0.774. The van der Waals surface area contributed by atoms with Gasteiger partial charge >= 0.3 is 0 Å². The lowest BCUT2D eigenvalue weighted by molar-refractivity contribution is -0.135. The predicted octanol–water partition coefficient (Wildman–Crippen LogP) is 2.35. The van der Waals surface area contributed by atoms with E-state index < -0.39 is 15.6 Å². The second-order valence-electron chi connectivity index (χ2n) is 7.40. The van der Waals surface area contributed by atoms with Crippen LogP contribution in [-0.2, 0) is 14.8 Å². The Kier molecular flexibility index (Phi) is 6.18. The van der Waals surface area contributed by atoms with Crippen LogP contribution in [-0.4, -0.2) is 48.3 Å². The monoisotopic (exact) mass is 421 g/mol. The number of benzene rings is 1. The smallest absolute Gasteiger partial charge is 0.263 e. The maximum absolute atomic E-state index is 13.0. The molecule has 0 unspecified atom stereocenters. The van der Waals surface area contributed by atoms with Gasteiger partial charge in [-0.2, -0.15) is 4.31 Å². The maximum Gasteiger partial charge on any atom is 0.263 e. The van der Waals surface area contributed by atoms with Gasteiger partial charge in [0.15, 0.2) is 5.60 Å². The number of rotatable bonds is 6. The van der Waals surface area contributed by atoms with Gasteiger partial charge in [0.25, 0.3) is 5.91 Å². The van der Waals surface area contributed by atoms with Gasteiger partial charge in [-0.3, -0.25) is 9.78 Å². The molecule has 9 heteroatoms. The van der Waals surface area contributed by atoms with E-state index in [1.807, 2.05) is 0 Å². The zero-order chi connectivity index (χ0) is 21.1. The highest BCUT2D eigenvalue weighted by Crippen LogP contribution is 2.22. The molecule has 1 saturated heterocycles. The minimum atomic E-state index is -3.56. The van der Waals surface area contributed by atoms with Crippen molar-refractivity contribution in [2.24, 2.45) is 0 Å². The number of hydrogen-bond donors (Lipinski definition) is 1. The summed E-state index contributed by atoms with van der Waals surface area (Å²) in [6.45, 7) is 3.90. The molecule has 1 aromatic heterocycles. The van der Waals surface area contributed by atoms with Gasteiger partial charge in [-0.05, 0) is 63.1 Å². The summed E-state index contributed by atoms with van der Waals surface area (Å²) in [5, 5.41) is 2.93. The number of carbonyl (C=O) groups excluding carboxylic acids is 1. The molecule has 0 atom stereocenters. The number of amides is 1. The van der Waals surface area contributed by atoms with Crippen molar-refractivity contribution in [3.05, 3.63) is 54.6 Å². The summed E-state index contributed by atoms with van der Waals surface area (Å²) in [5.74, 6) is -0.296. The number of ether oxygens (including phenoxy) is 1. The van der Waals surface area contributed by atoms with Crippen molar-refractivity contribution < 1.29 is 22.3 Å². The second-order valence-corrected chi connectivity index (χ2v) is 9.34. The number of nitrogens with one attached hydrogen (secondary N) is 1. The summed E-state index contributed by atoms with van der Waals surface area (Å²) in [5.41, 5.74) is -1.15. The van der Waals surface area contributed by atoms with E-state index in [1.54, 1.807) is 13.8 Å². The Morgan fingerprint density at radius 3 is 2.31 bits per heavy atom. The van der Waals surface area contributed by atoms with Gasteiger partial charge in [-0.25, -0.2) is 12.8 Å². The SMILES string of the molecule is CC(C)(Oc1ccc(F)cc1)C(=O)NC1CCN(S(=O)(=O)c2ccncc2)CC1. The first-order chi connectivity index (χ1) is 13.7. The molecule has 1 aliphatic heterocycles. The number of halogens is 1. The van der Waals surface area contributed by atoms with Crippen LogP contribution in [0, 0.1) is 5.82 Å². The van der Waals surface area contributed by atoms with Crippen LogP contribution in [0.4, 0.5) is 4.39 Å². The van der Waals surface area contributed by atoms with Crippen molar-refractivity contribution in [3.8, 4) is 5.75 Å². The highest BCUT2D eigenvalue weighted by atomic mass is 32.2. The number of carbonyl (C=O) groups is 1. The van der Waals surface area contributed by atoms with Crippen LogP contribution in [0.1, 0.15) is 26.7 Å². The van der Waals surface area contributed by atoms with E-state index in [1.165, 1.54) is 53.1 Å². The normalized spacial score (nSPS) is 16.4. The van der Waals surface area contributed by atoms with Crippen molar-refractivity contribution in [2.75, 3.05) is 13.1 Å². The molecular weight excluding hydrogens is 397 g/mol. The first-order valence-electron chi connectivity index (χ1n) is 9.34.